The number of amides is 1. The van der Waals surface area contributed by atoms with Crippen LogP contribution >= 0.6 is 11.6 Å². The molecule has 0 atom stereocenters. The number of carbonyl (C=O) groups is 1. The molecular formula is C11H15BClNO4. The number of hydrogen-bond donors (Lipinski definition) is 3. The van der Waals surface area contributed by atoms with Gasteiger partial charge in [0.15, 0.2) is 0 Å². The van der Waals surface area contributed by atoms with Crippen LogP contribution < -0.4 is 10.8 Å². The van der Waals surface area contributed by atoms with Crippen molar-refractivity contribution < 1.29 is 19.6 Å². The fraction of sp³-hybridized carbons (Fsp3) is 0.364. The molecule has 98 valence electrons. The Morgan fingerprint density at radius 2 is 2.17 bits per heavy atom. The predicted molar refractivity (Wildman–Crippen MR) is 69.7 cm³/mol. The number of rotatable bonds is 4. The molecule has 0 spiro atoms. The van der Waals surface area contributed by atoms with Crippen LogP contribution in [-0.4, -0.2) is 29.4 Å². The predicted octanol–water partition coefficient (Wildman–Crippen LogP) is 0.654. The van der Waals surface area contributed by atoms with Gasteiger partial charge in [-0.2, -0.15) is 0 Å². The van der Waals surface area contributed by atoms with E-state index in [1.165, 1.54) is 6.07 Å². The molecule has 0 radical (unpaired) electrons. The molecule has 3 N–H and O–H groups in total. The van der Waals surface area contributed by atoms with Crippen LogP contribution in [0.1, 0.15) is 19.4 Å². The van der Waals surface area contributed by atoms with Gasteiger partial charge in [0.25, 0.3) is 0 Å². The molecule has 5 nitrogen and oxygen atoms in total. The normalized spacial score (nSPS) is 10.3. The summed E-state index contributed by atoms with van der Waals surface area (Å²) in [5.74, 6) is 0. The van der Waals surface area contributed by atoms with Gasteiger partial charge in [-0.25, -0.2) is 4.79 Å². The van der Waals surface area contributed by atoms with Crippen molar-refractivity contribution in [1.82, 2.24) is 5.32 Å². The largest absolute Gasteiger partial charge is 0.488 e. The van der Waals surface area contributed by atoms with Crippen LogP contribution in [0.25, 0.3) is 0 Å². The minimum atomic E-state index is -1.64. The van der Waals surface area contributed by atoms with Gasteiger partial charge >= 0.3 is 13.2 Å². The van der Waals surface area contributed by atoms with Crippen molar-refractivity contribution in [2.75, 3.05) is 0 Å². The fourth-order valence-corrected chi connectivity index (χ4v) is 1.57. The second-order valence-electron chi connectivity index (χ2n) is 4.02. The third-order valence-electron chi connectivity index (χ3n) is 2.15. The summed E-state index contributed by atoms with van der Waals surface area (Å²) in [6, 6.07) is 4.67. The quantitative estimate of drug-likeness (QED) is 0.703. The summed E-state index contributed by atoms with van der Waals surface area (Å²) in [6.45, 7) is 3.62. The zero-order valence-corrected chi connectivity index (χ0v) is 10.9. The number of ether oxygens (including phenoxy) is 1. The molecule has 0 aromatic heterocycles. The van der Waals surface area contributed by atoms with Crippen molar-refractivity contribution in [3.05, 3.63) is 28.8 Å². The monoisotopic (exact) mass is 271 g/mol. The van der Waals surface area contributed by atoms with Crippen LogP contribution in [0, 0.1) is 0 Å². The zero-order valence-electron chi connectivity index (χ0n) is 10.2. The third-order valence-corrected chi connectivity index (χ3v) is 2.39. The summed E-state index contributed by atoms with van der Waals surface area (Å²) in [4.78, 5) is 11.3. The molecule has 1 aromatic carbocycles. The SMILES string of the molecule is CC(C)OC(=O)NCc1ccc(Cl)cc1B(O)O. The average Bonchev–Trinajstić information content (AvgIpc) is 2.26. The Morgan fingerprint density at radius 3 is 2.72 bits per heavy atom. The lowest BCUT2D eigenvalue weighted by Gasteiger charge is -2.12. The van der Waals surface area contributed by atoms with E-state index in [0.717, 1.165) is 0 Å². The lowest BCUT2D eigenvalue weighted by molar-refractivity contribution is 0.115. The summed E-state index contributed by atoms with van der Waals surface area (Å²) < 4.78 is 4.89. The Labute approximate surface area is 111 Å². The summed E-state index contributed by atoms with van der Waals surface area (Å²) in [5, 5.41) is 21.3. The molecule has 0 saturated heterocycles. The average molecular weight is 272 g/mol. The van der Waals surface area contributed by atoms with E-state index in [9.17, 15) is 14.8 Å². The maximum Gasteiger partial charge on any atom is 0.488 e. The highest BCUT2D eigenvalue weighted by molar-refractivity contribution is 6.59. The second kappa shape index (κ2) is 6.63. The highest BCUT2D eigenvalue weighted by Crippen LogP contribution is 2.08. The first-order valence-corrected chi connectivity index (χ1v) is 5.87. The molecule has 1 rings (SSSR count). The number of alkyl carbamates (subject to hydrolysis) is 1. The van der Waals surface area contributed by atoms with Gasteiger partial charge in [-0.15, -0.1) is 0 Å². The Hall–Kier alpha value is -1.24. The van der Waals surface area contributed by atoms with Crippen LogP contribution in [0.15, 0.2) is 18.2 Å². The van der Waals surface area contributed by atoms with E-state index in [2.05, 4.69) is 5.32 Å². The minimum Gasteiger partial charge on any atom is -0.447 e. The minimum absolute atomic E-state index is 0.135. The standard InChI is InChI=1S/C11H15BClNO4/c1-7(2)18-11(15)14-6-8-3-4-9(13)5-10(8)12(16)17/h3-5,7,16-17H,6H2,1-2H3,(H,14,15). The van der Waals surface area contributed by atoms with Gasteiger partial charge < -0.3 is 20.1 Å². The van der Waals surface area contributed by atoms with Crippen LogP contribution in [0.5, 0.6) is 0 Å². The first-order chi connectivity index (χ1) is 8.40. The Bertz CT molecular complexity index is 426. The first kappa shape index (κ1) is 14.8. The number of nitrogens with one attached hydrogen (secondary N) is 1. The summed E-state index contributed by atoms with van der Waals surface area (Å²) >= 11 is 5.76. The first-order valence-electron chi connectivity index (χ1n) is 5.49. The van der Waals surface area contributed by atoms with Crippen molar-refractivity contribution in [2.24, 2.45) is 0 Å². The van der Waals surface area contributed by atoms with Crippen LogP contribution in [0.2, 0.25) is 5.02 Å². The maximum absolute atomic E-state index is 11.3. The second-order valence-corrected chi connectivity index (χ2v) is 4.46. The molecular weight excluding hydrogens is 256 g/mol. The molecule has 0 heterocycles. The Morgan fingerprint density at radius 1 is 1.50 bits per heavy atom. The number of carbonyl (C=O) groups excluding carboxylic acids is 1. The van der Waals surface area contributed by atoms with Crippen molar-refractivity contribution >= 4 is 30.3 Å². The molecule has 0 fully saturated rings. The van der Waals surface area contributed by atoms with Crippen molar-refractivity contribution in [3.8, 4) is 0 Å². The molecule has 0 aliphatic carbocycles. The van der Waals surface area contributed by atoms with Gasteiger partial charge in [0.1, 0.15) is 0 Å². The van der Waals surface area contributed by atoms with Crippen molar-refractivity contribution in [2.45, 2.75) is 26.5 Å². The third kappa shape index (κ3) is 4.56. The molecule has 0 aliphatic rings. The number of halogens is 1. The Kier molecular flexibility index (Phi) is 5.46. The molecule has 7 heteroatoms. The highest BCUT2D eigenvalue weighted by atomic mass is 35.5. The van der Waals surface area contributed by atoms with Gasteiger partial charge in [0.2, 0.25) is 0 Å². The van der Waals surface area contributed by atoms with Gasteiger partial charge in [-0.05, 0) is 37.0 Å². The van der Waals surface area contributed by atoms with Crippen LogP contribution in [0.3, 0.4) is 0 Å². The molecule has 0 unspecified atom stereocenters. The van der Waals surface area contributed by atoms with E-state index in [0.29, 0.717) is 10.6 Å². The maximum atomic E-state index is 11.3. The van der Waals surface area contributed by atoms with E-state index >= 15 is 0 Å². The summed E-state index contributed by atoms with van der Waals surface area (Å²) in [7, 11) is -1.64. The molecule has 0 saturated carbocycles. The molecule has 18 heavy (non-hydrogen) atoms. The van der Waals surface area contributed by atoms with Gasteiger partial charge in [-0.3, -0.25) is 0 Å². The number of hydrogen-bond acceptors (Lipinski definition) is 4. The van der Waals surface area contributed by atoms with E-state index in [-0.39, 0.29) is 18.1 Å². The highest BCUT2D eigenvalue weighted by Gasteiger charge is 2.17. The smallest absolute Gasteiger partial charge is 0.447 e. The van der Waals surface area contributed by atoms with Gasteiger partial charge in [0.05, 0.1) is 6.10 Å². The molecule has 0 aliphatic heterocycles. The molecule has 0 bridgehead atoms. The van der Waals surface area contributed by atoms with Crippen molar-refractivity contribution in [1.29, 1.82) is 0 Å². The lowest BCUT2D eigenvalue weighted by atomic mass is 9.77. The zero-order chi connectivity index (χ0) is 13.7. The topological polar surface area (TPSA) is 78.8 Å². The summed E-state index contributed by atoms with van der Waals surface area (Å²) in [5.41, 5.74) is 0.822. The fourth-order valence-electron chi connectivity index (χ4n) is 1.39. The van der Waals surface area contributed by atoms with E-state index < -0.39 is 13.2 Å². The van der Waals surface area contributed by atoms with E-state index in [4.69, 9.17) is 16.3 Å². The van der Waals surface area contributed by atoms with E-state index in [1.54, 1.807) is 26.0 Å². The summed E-state index contributed by atoms with van der Waals surface area (Å²) in [6.07, 6.45) is -0.767. The number of benzene rings is 1. The van der Waals surface area contributed by atoms with Crippen LogP contribution in [-0.2, 0) is 11.3 Å². The van der Waals surface area contributed by atoms with Gasteiger partial charge in [-0.1, -0.05) is 17.7 Å². The lowest BCUT2D eigenvalue weighted by Crippen LogP contribution is -2.36. The van der Waals surface area contributed by atoms with Gasteiger partial charge in [0, 0.05) is 11.6 Å². The Balaban J connectivity index is 2.70. The molecule has 1 amide bonds. The molecule has 1 aromatic rings. The van der Waals surface area contributed by atoms with E-state index in [1.807, 2.05) is 0 Å². The van der Waals surface area contributed by atoms with Crippen LogP contribution in [0.4, 0.5) is 4.79 Å². The van der Waals surface area contributed by atoms with Crippen molar-refractivity contribution in [3.63, 3.8) is 0 Å².